The van der Waals surface area contributed by atoms with Gasteiger partial charge in [-0.1, -0.05) is 37.3 Å². The van der Waals surface area contributed by atoms with Crippen molar-refractivity contribution < 1.29 is 9.53 Å². The lowest BCUT2D eigenvalue weighted by Gasteiger charge is -2.18. The highest BCUT2D eigenvalue weighted by Crippen LogP contribution is 2.41. The quantitative estimate of drug-likeness (QED) is 0.672. The van der Waals surface area contributed by atoms with E-state index in [1.807, 2.05) is 32.2 Å². The van der Waals surface area contributed by atoms with Crippen molar-refractivity contribution in [3.63, 3.8) is 0 Å². The topological polar surface area (TPSA) is 55.0 Å². The summed E-state index contributed by atoms with van der Waals surface area (Å²) in [5.74, 6) is -0.322. The number of aromatic amines is 1. The van der Waals surface area contributed by atoms with Crippen molar-refractivity contribution in [2.75, 3.05) is 0 Å². The van der Waals surface area contributed by atoms with Crippen LogP contribution < -0.4 is 0 Å². The zero-order valence-corrected chi connectivity index (χ0v) is 11.5. The molecule has 0 unspecified atom stereocenters. The third-order valence-corrected chi connectivity index (χ3v) is 3.82. The second-order valence-corrected chi connectivity index (χ2v) is 5.22. The molecule has 20 heavy (non-hydrogen) atoms. The number of nitrogens with one attached hydrogen (secondary N) is 1. The number of carbonyl (C=O) groups is 1. The Balaban J connectivity index is 2.11. The van der Waals surface area contributed by atoms with Crippen LogP contribution in [-0.2, 0) is 9.53 Å². The molecule has 0 spiro atoms. The number of aromatic nitrogens is 2. The van der Waals surface area contributed by atoms with Crippen LogP contribution in [0.5, 0.6) is 0 Å². The van der Waals surface area contributed by atoms with Crippen LogP contribution in [0.2, 0.25) is 0 Å². The fourth-order valence-electron chi connectivity index (χ4n) is 2.56. The predicted octanol–water partition coefficient (Wildman–Crippen LogP) is 3.18. The van der Waals surface area contributed by atoms with Crippen LogP contribution >= 0.6 is 0 Å². The summed E-state index contributed by atoms with van der Waals surface area (Å²) in [5.41, 5.74) is 4.72. The van der Waals surface area contributed by atoms with Crippen molar-refractivity contribution in [3.05, 3.63) is 53.9 Å². The third kappa shape index (κ3) is 1.93. The van der Waals surface area contributed by atoms with E-state index in [2.05, 4.69) is 22.8 Å². The van der Waals surface area contributed by atoms with Gasteiger partial charge in [0.05, 0.1) is 6.20 Å². The second kappa shape index (κ2) is 4.63. The van der Waals surface area contributed by atoms with Crippen LogP contribution in [-0.4, -0.2) is 16.2 Å². The Bertz CT molecular complexity index is 674. The van der Waals surface area contributed by atoms with Gasteiger partial charge in [-0.05, 0) is 12.5 Å². The number of rotatable bonds is 2. The van der Waals surface area contributed by atoms with Crippen LogP contribution in [0.15, 0.2) is 42.7 Å². The number of cyclic esters (lactones) is 1. The van der Waals surface area contributed by atoms with Crippen molar-refractivity contribution in [3.8, 4) is 11.1 Å². The Morgan fingerprint density at radius 1 is 1.40 bits per heavy atom. The van der Waals surface area contributed by atoms with Gasteiger partial charge in [0.15, 0.2) is 0 Å². The summed E-state index contributed by atoms with van der Waals surface area (Å²) < 4.78 is 5.48. The van der Waals surface area contributed by atoms with E-state index < -0.39 is 0 Å². The molecule has 0 aliphatic carbocycles. The van der Waals surface area contributed by atoms with E-state index >= 15 is 0 Å². The molecule has 0 radical (unpaired) electrons. The third-order valence-electron chi connectivity index (χ3n) is 3.82. The summed E-state index contributed by atoms with van der Waals surface area (Å²) in [5, 5.41) is 6.81. The molecule has 0 bridgehead atoms. The van der Waals surface area contributed by atoms with Gasteiger partial charge in [0.1, 0.15) is 6.10 Å². The van der Waals surface area contributed by atoms with Crippen LogP contribution in [0.1, 0.15) is 24.2 Å². The second-order valence-electron chi connectivity index (χ2n) is 5.22. The smallest absolute Gasteiger partial charge is 0.334 e. The predicted molar refractivity (Wildman–Crippen MR) is 75.9 cm³/mol. The first kappa shape index (κ1) is 12.7. The number of esters is 1. The molecule has 1 fully saturated rings. The highest BCUT2D eigenvalue weighted by molar-refractivity contribution is 5.91. The number of carbonyl (C=O) groups excluding carboxylic acids is 1. The first-order valence-electron chi connectivity index (χ1n) is 6.57. The zero-order chi connectivity index (χ0) is 14.3. The van der Waals surface area contributed by atoms with Gasteiger partial charge in [0, 0.05) is 28.8 Å². The van der Waals surface area contributed by atoms with Crippen LogP contribution in [0, 0.1) is 12.8 Å². The first-order valence-corrected chi connectivity index (χ1v) is 6.57. The zero-order valence-electron chi connectivity index (χ0n) is 11.5. The fourth-order valence-corrected chi connectivity index (χ4v) is 2.56. The summed E-state index contributed by atoms with van der Waals surface area (Å²) in [7, 11) is 0. The minimum atomic E-state index is -0.304. The van der Waals surface area contributed by atoms with E-state index in [0.29, 0.717) is 5.57 Å². The Kier molecular flexibility index (Phi) is 2.93. The summed E-state index contributed by atoms with van der Waals surface area (Å²) in [6.45, 7) is 7.82. The van der Waals surface area contributed by atoms with Gasteiger partial charge in [-0.15, -0.1) is 0 Å². The Morgan fingerprint density at radius 3 is 2.80 bits per heavy atom. The summed E-state index contributed by atoms with van der Waals surface area (Å²) in [6.07, 6.45) is 3.34. The van der Waals surface area contributed by atoms with Crippen molar-refractivity contribution in [1.29, 1.82) is 0 Å². The summed E-state index contributed by atoms with van der Waals surface area (Å²) >= 11 is 0. The number of H-pyrrole nitrogens is 1. The van der Waals surface area contributed by atoms with Gasteiger partial charge in [0.2, 0.25) is 0 Å². The van der Waals surface area contributed by atoms with E-state index in [1.165, 1.54) is 0 Å². The van der Waals surface area contributed by atoms with E-state index in [-0.39, 0.29) is 18.0 Å². The summed E-state index contributed by atoms with van der Waals surface area (Å²) in [4.78, 5) is 11.7. The van der Waals surface area contributed by atoms with Crippen molar-refractivity contribution in [2.45, 2.75) is 20.0 Å². The molecular formula is C16H16N2O2. The highest BCUT2D eigenvalue weighted by Gasteiger charge is 2.37. The van der Waals surface area contributed by atoms with Crippen molar-refractivity contribution in [2.24, 2.45) is 5.92 Å². The molecule has 1 aromatic heterocycles. The standard InChI is InChI=1S/C16H16N2O2/c1-9-4-5-13(14(6-9)12-7-17-18-8-12)15-10(2)11(3)16(19)20-15/h4-8,10,15H,3H2,1-2H3,(H,17,18)/t10-,15-/m0/s1. The number of ether oxygens (including phenoxy) is 1. The fraction of sp³-hybridized carbons (Fsp3) is 0.250. The van der Waals surface area contributed by atoms with Gasteiger partial charge in [-0.25, -0.2) is 4.79 Å². The molecule has 102 valence electrons. The summed E-state index contributed by atoms with van der Waals surface area (Å²) in [6, 6.07) is 6.13. The molecule has 4 heteroatoms. The van der Waals surface area contributed by atoms with Crippen molar-refractivity contribution in [1.82, 2.24) is 10.2 Å². The molecule has 1 saturated heterocycles. The molecule has 2 atom stereocenters. The minimum absolute atomic E-state index is 0.0177. The highest BCUT2D eigenvalue weighted by atomic mass is 16.6. The van der Waals surface area contributed by atoms with Gasteiger partial charge >= 0.3 is 5.97 Å². The lowest BCUT2D eigenvalue weighted by atomic mass is 9.89. The monoisotopic (exact) mass is 268 g/mol. The molecule has 3 rings (SSSR count). The number of aryl methyl sites for hydroxylation is 1. The molecule has 1 N–H and O–H groups in total. The Morgan fingerprint density at radius 2 is 2.20 bits per heavy atom. The maximum atomic E-state index is 11.7. The van der Waals surface area contributed by atoms with E-state index in [4.69, 9.17) is 4.74 Å². The number of benzene rings is 1. The first-order chi connectivity index (χ1) is 9.58. The van der Waals surface area contributed by atoms with Gasteiger partial charge in [0.25, 0.3) is 0 Å². The van der Waals surface area contributed by atoms with Gasteiger partial charge in [-0.2, -0.15) is 5.10 Å². The van der Waals surface area contributed by atoms with Crippen LogP contribution in [0.4, 0.5) is 0 Å². The molecule has 1 aliphatic heterocycles. The maximum absolute atomic E-state index is 11.7. The van der Waals surface area contributed by atoms with E-state index in [9.17, 15) is 4.79 Å². The van der Waals surface area contributed by atoms with Crippen LogP contribution in [0.25, 0.3) is 11.1 Å². The molecule has 1 aliphatic rings. The lowest BCUT2D eigenvalue weighted by Crippen LogP contribution is -2.06. The Hall–Kier alpha value is -2.36. The molecule has 0 saturated carbocycles. The normalized spacial score (nSPS) is 22.1. The van der Waals surface area contributed by atoms with Gasteiger partial charge in [-0.3, -0.25) is 5.10 Å². The molecule has 2 aromatic rings. The molecule has 4 nitrogen and oxygen atoms in total. The average molecular weight is 268 g/mol. The number of nitrogens with zero attached hydrogens (tertiary/aromatic N) is 1. The van der Waals surface area contributed by atoms with Gasteiger partial charge < -0.3 is 4.74 Å². The molecule has 2 heterocycles. The maximum Gasteiger partial charge on any atom is 0.334 e. The number of hydrogen-bond donors (Lipinski definition) is 1. The van der Waals surface area contributed by atoms with Crippen molar-refractivity contribution >= 4 is 5.97 Å². The van der Waals surface area contributed by atoms with Crippen LogP contribution in [0.3, 0.4) is 0 Å². The van der Waals surface area contributed by atoms with E-state index in [0.717, 1.165) is 22.3 Å². The SMILES string of the molecule is C=C1C(=O)O[C@H](c2ccc(C)cc2-c2cn[nH]c2)[C@H]1C. The average Bonchev–Trinajstić information content (AvgIpc) is 3.04. The van der Waals surface area contributed by atoms with E-state index in [1.54, 1.807) is 6.20 Å². The minimum Gasteiger partial charge on any atom is -0.453 e. The Labute approximate surface area is 117 Å². The largest absolute Gasteiger partial charge is 0.453 e. The molecule has 0 amide bonds. The molecular weight excluding hydrogens is 252 g/mol. The lowest BCUT2D eigenvalue weighted by molar-refractivity contribution is -0.139. The number of hydrogen-bond acceptors (Lipinski definition) is 3. The molecule has 1 aromatic carbocycles.